The van der Waals surface area contributed by atoms with Gasteiger partial charge in [-0.3, -0.25) is 0 Å². The van der Waals surface area contributed by atoms with Crippen LogP contribution >= 0.6 is 0 Å². The third kappa shape index (κ3) is 4.53. The van der Waals surface area contributed by atoms with Crippen molar-refractivity contribution in [3.8, 4) is 0 Å². The van der Waals surface area contributed by atoms with Gasteiger partial charge in [0.05, 0.1) is 6.08 Å². The highest BCUT2D eigenvalue weighted by molar-refractivity contribution is 5.17. The van der Waals surface area contributed by atoms with E-state index in [2.05, 4.69) is 5.73 Å². The molecule has 1 rings (SSSR count). The zero-order chi connectivity index (χ0) is 10.4. The molecule has 74 valence electrons. The summed E-state index contributed by atoms with van der Waals surface area (Å²) in [6.07, 6.45) is -2.33. The molecule has 0 aliphatic carbocycles. The topological polar surface area (TPSA) is 0 Å². The molecule has 0 fully saturated rings. The molecule has 0 spiro atoms. The van der Waals surface area contributed by atoms with Crippen LogP contribution in [0.2, 0.25) is 0 Å². The Morgan fingerprint density at radius 1 is 1.14 bits per heavy atom. The summed E-state index contributed by atoms with van der Waals surface area (Å²) < 4.78 is 34.9. The van der Waals surface area contributed by atoms with Crippen molar-refractivity contribution in [3.05, 3.63) is 53.8 Å². The van der Waals surface area contributed by atoms with Crippen LogP contribution in [0.1, 0.15) is 5.56 Å². The van der Waals surface area contributed by atoms with Crippen LogP contribution in [-0.2, 0) is 6.42 Å². The second kappa shape index (κ2) is 4.68. The van der Waals surface area contributed by atoms with Crippen LogP contribution in [0.15, 0.2) is 48.2 Å². The third-order valence-corrected chi connectivity index (χ3v) is 1.55. The number of alkyl halides is 3. The van der Waals surface area contributed by atoms with Gasteiger partial charge in [0.15, 0.2) is 0 Å². The Balaban J connectivity index is 2.53. The molecule has 0 heterocycles. The van der Waals surface area contributed by atoms with Crippen LogP contribution in [0.5, 0.6) is 0 Å². The number of allylic oxidation sites excluding steroid dienone is 1. The first kappa shape index (κ1) is 10.6. The van der Waals surface area contributed by atoms with Gasteiger partial charge in [-0.05, 0) is 18.1 Å². The van der Waals surface area contributed by atoms with Gasteiger partial charge < -0.3 is 0 Å². The van der Waals surface area contributed by atoms with E-state index in [-0.39, 0.29) is 6.08 Å². The fourth-order valence-electron chi connectivity index (χ4n) is 0.944. The molecule has 0 saturated carbocycles. The van der Waals surface area contributed by atoms with E-state index >= 15 is 0 Å². The summed E-state index contributed by atoms with van der Waals surface area (Å²) in [4.78, 5) is 0. The van der Waals surface area contributed by atoms with Crippen LogP contribution in [-0.4, -0.2) is 6.18 Å². The van der Waals surface area contributed by atoms with Crippen molar-refractivity contribution in [3.63, 3.8) is 0 Å². The largest absolute Gasteiger partial charge is 0.416 e. The Bertz CT molecular complexity index is 329. The minimum atomic E-state index is -4.27. The Morgan fingerprint density at radius 3 is 2.36 bits per heavy atom. The van der Waals surface area contributed by atoms with E-state index in [1.54, 1.807) is 0 Å². The molecular formula is C11H9F3. The zero-order valence-electron chi connectivity index (χ0n) is 7.38. The lowest BCUT2D eigenvalue weighted by molar-refractivity contribution is -0.0796. The molecule has 0 saturated heterocycles. The van der Waals surface area contributed by atoms with E-state index in [4.69, 9.17) is 0 Å². The van der Waals surface area contributed by atoms with Gasteiger partial charge in [0.2, 0.25) is 0 Å². The maximum atomic E-state index is 11.6. The van der Waals surface area contributed by atoms with Crippen LogP contribution in [0, 0.1) is 0 Å². The van der Waals surface area contributed by atoms with E-state index in [0.29, 0.717) is 6.42 Å². The van der Waals surface area contributed by atoms with Crippen molar-refractivity contribution in [2.45, 2.75) is 12.6 Å². The van der Waals surface area contributed by atoms with Crippen molar-refractivity contribution in [1.82, 2.24) is 0 Å². The van der Waals surface area contributed by atoms with Crippen LogP contribution in [0.3, 0.4) is 0 Å². The smallest absolute Gasteiger partial charge is 0.166 e. The monoisotopic (exact) mass is 198 g/mol. The molecule has 0 amide bonds. The molecule has 0 aromatic heterocycles. The number of rotatable bonds is 2. The Hall–Kier alpha value is -1.47. The van der Waals surface area contributed by atoms with Gasteiger partial charge in [-0.25, -0.2) is 0 Å². The zero-order valence-corrected chi connectivity index (χ0v) is 7.38. The third-order valence-electron chi connectivity index (χ3n) is 1.55. The first-order valence-electron chi connectivity index (χ1n) is 4.11. The van der Waals surface area contributed by atoms with E-state index < -0.39 is 6.18 Å². The SMILES string of the molecule is FC(F)(F)C=C=CCc1ccccc1. The summed E-state index contributed by atoms with van der Waals surface area (Å²) in [5, 5.41) is 0. The maximum Gasteiger partial charge on any atom is 0.416 e. The van der Waals surface area contributed by atoms with Gasteiger partial charge in [0.25, 0.3) is 0 Å². The molecular weight excluding hydrogens is 189 g/mol. The van der Waals surface area contributed by atoms with Gasteiger partial charge in [0.1, 0.15) is 0 Å². The second-order valence-corrected chi connectivity index (χ2v) is 2.75. The summed E-state index contributed by atoms with van der Waals surface area (Å²) in [6.45, 7) is 0. The predicted molar refractivity (Wildman–Crippen MR) is 48.9 cm³/mol. The quantitative estimate of drug-likeness (QED) is 0.638. The van der Waals surface area contributed by atoms with Crippen molar-refractivity contribution in [2.24, 2.45) is 0 Å². The molecule has 0 aliphatic heterocycles. The van der Waals surface area contributed by atoms with Crippen LogP contribution in [0.25, 0.3) is 0 Å². The average molecular weight is 198 g/mol. The van der Waals surface area contributed by atoms with E-state index in [1.807, 2.05) is 30.3 Å². The van der Waals surface area contributed by atoms with Crippen molar-refractivity contribution < 1.29 is 13.2 Å². The van der Waals surface area contributed by atoms with Gasteiger partial charge in [-0.1, -0.05) is 30.3 Å². The minimum Gasteiger partial charge on any atom is -0.166 e. The highest BCUT2D eigenvalue weighted by Gasteiger charge is 2.21. The summed E-state index contributed by atoms with van der Waals surface area (Å²) >= 11 is 0. The van der Waals surface area contributed by atoms with E-state index in [0.717, 1.165) is 5.56 Å². The molecule has 0 bridgehead atoms. The minimum absolute atomic E-state index is 0.107. The fraction of sp³-hybridized carbons (Fsp3) is 0.182. The maximum absolute atomic E-state index is 11.6. The Morgan fingerprint density at radius 2 is 1.79 bits per heavy atom. The molecule has 1 aromatic rings. The van der Waals surface area contributed by atoms with Crippen molar-refractivity contribution in [2.75, 3.05) is 0 Å². The van der Waals surface area contributed by atoms with Crippen molar-refractivity contribution >= 4 is 0 Å². The average Bonchev–Trinajstić information content (AvgIpc) is 2.13. The summed E-state index contributed by atoms with van der Waals surface area (Å²) in [6, 6.07) is 9.25. The molecule has 0 atom stereocenters. The predicted octanol–water partition coefficient (Wildman–Crippen LogP) is 3.50. The molecule has 14 heavy (non-hydrogen) atoms. The van der Waals surface area contributed by atoms with Crippen molar-refractivity contribution in [1.29, 1.82) is 0 Å². The Labute approximate surface area is 80.4 Å². The number of hydrogen-bond donors (Lipinski definition) is 0. The molecule has 1 aromatic carbocycles. The lowest BCUT2D eigenvalue weighted by Crippen LogP contribution is -1.99. The molecule has 0 N–H and O–H groups in total. The van der Waals surface area contributed by atoms with Crippen LogP contribution in [0.4, 0.5) is 13.2 Å². The number of hydrogen-bond acceptors (Lipinski definition) is 0. The first-order valence-corrected chi connectivity index (χ1v) is 4.11. The molecule has 0 nitrogen and oxygen atoms in total. The van der Waals surface area contributed by atoms with Gasteiger partial charge in [-0.2, -0.15) is 13.2 Å². The summed E-state index contributed by atoms with van der Waals surface area (Å²) in [7, 11) is 0. The first-order chi connectivity index (χ1) is 6.58. The highest BCUT2D eigenvalue weighted by atomic mass is 19.4. The normalized spacial score (nSPS) is 10.5. The Kier molecular flexibility index (Phi) is 3.55. The molecule has 3 heteroatoms. The molecule has 0 aliphatic rings. The van der Waals surface area contributed by atoms with E-state index in [1.165, 1.54) is 6.08 Å². The lowest BCUT2D eigenvalue weighted by atomic mass is 10.1. The standard InChI is InChI=1S/C11H9F3/c12-11(13,14)9-5-4-8-10-6-2-1-3-7-10/h1-4,6-7,9H,8H2. The molecule has 0 radical (unpaired) electrons. The lowest BCUT2D eigenvalue weighted by Gasteiger charge is -1.94. The van der Waals surface area contributed by atoms with Gasteiger partial charge in [-0.15, -0.1) is 5.73 Å². The highest BCUT2D eigenvalue weighted by Crippen LogP contribution is 2.14. The fourth-order valence-corrected chi connectivity index (χ4v) is 0.944. The van der Waals surface area contributed by atoms with Crippen LogP contribution < -0.4 is 0 Å². The number of halogens is 3. The summed E-state index contributed by atoms with van der Waals surface area (Å²) in [5.41, 5.74) is 3.07. The van der Waals surface area contributed by atoms with Gasteiger partial charge in [0, 0.05) is 0 Å². The van der Waals surface area contributed by atoms with Gasteiger partial charge >= 0.3 is 6.18 Å². The molecule has 0 unspecified atom stereocenters. The number of benzene rings is 1. The second-order valence-electron chi connectivity index (χ2n) is 2.75. The van der Waals surface area contributed by atoms with E-state index in [9.17, 15) is 13.2 Å². The summed E-state index contributed by atoms with van der Waals surface area (Å²) in [5.74, 6) is 0.